The van der Waals surface area contributed by atoms with E-state index in [0.717, 1.165) is 0 Å². The lowest BCUT2D eigenvalue weighted by atomic mass is 10.9. The third-order valence-corrected chi connectivity index (χ3v) is 2.58. The van der Waals surface area contributed by atoms with Crippen LogP contribution in [0.1, 0.15) is 13.8 Å². The van der Waals surface area contributed by atoms with Crippen LogP contribution >= 0.6 is 41.4 Å². The van der Waals surface area contributed by atoms with Crippen LogP contribution in [-0.2, 0) is 13.6 Å². The Morgan fingerprint density at radius 3 is 1.64 bits per heavy atom. The van der Waals surface area contributed by atoms with E-state index in [0.29, 0.717) is 0 Å². The largest absolute Gasteiger partial charge is 0.427 e. The van der Waals surface area contributed by atoms with Crippen molar-refractivity contribution in [2.45, 2.75) is 25.0 Å². The van der Waals surface area contributed by atoms with E-state index in [2.05, 4.69) is 9.05 Å². The lowest BCUT2D eigenvalue weighted by molar-refractivity contribution is 0.203. The smallest absolute Gasteiger partial charge is 0.278 e. The SMILES string of the molecule is CC(Cl)OP(=O)(Cl)OC(C)Cl. The molecule has 0 radical (unpaired) electrons. The van der Waals surface area contributed by atoms with Gasteiger partial charge in [0.1, 0.15) is 11.1 Å². The molecule has 0 fully saturated rings. The molecule has 68 valence electrons. The Kier molecular flexibility index (Phi) is 5.36. The van der Waals surface area contributed by atoms with Gasteiger partial charge < -0.3 is 0 Å². The van der Waals surface area contributed by atoms with E-state index in [1.165, 1.54) is 13.8 Å². The van der Waals surface area contributed by atoms with Crippen LogP contribution in [0.3, 0.4) is 0 Å². The van der Waals surface area contributed by atoms with Gasteiger partial charge in [-0.15, -0.1) is 0 Å². The third-order valence-electron chi connectivity index (χ3n) is 0.542. The molecule has 3 nitrogen and oxygen atoms in total. The van der Waals surface area contributed by atoms with E-state index >= 15 is 0 Å². The van der Waals surface area contributed by atoms with Crippen LogP contribution in [-0.4, -0.2) is 11.1 Å². The standard InChI is InChI=1S/C4H8Cl3O3P/c1-3(5)9-11(7,8)10-4(2)6/h3-4H,1-2H3. The molecule has 0 aliphatic carbocycles. The Hall–Kier alpha value is 1.02. The predicted molar refractivity (Wildman–Crippen MR) is 46.3 cm³/mol. The summed E-state index contributed by atoms with van der Waals surface area (Å²) >= 11 is 16.0. The summed E-state index contributed by atoms with van der Waals surface area (Å²) in [5, 5.41) is 0. The monoisotopic (exact) mass is 240 g/mol. The van der Waals surface area contributed by atoms with Crippen molar-refractivity contribution < 1.29 is 13.6 Å². The minimum atomic E-state index is -3.60. The molecule has 0 heterocycles. The van der Waals surface area contributed by atoms with Crippen molar-refractivity contribution in [3.8, 4) is 0 Å². The molecule has 0 bridgehead atoms. The molecule has 2 atom stereocenters. The average molecular weight is 241 g/mol. The second-order valence-corrected chi connectivity index (χ2v) is 5.48. The molecule has 2 unspecified atom stereocenters. The van der Waals surface area contributed by atoms with Crippen LogP contribution in [0.4, 0.5) is 0 Å². The molecule has 0 aromatic rings. The molecular weight excluding hydrogens is 233 g/mol. The van der Waals surface area contributed by atoms with Crippen LogP contribution in [0, 0.1) is 0 Å². The molecule has 0 saturated carbocycles. The molecule has 0 aromatic carbocycles. The molecule has 0 spiro atoms. The zero-order valence-corrected chi connectivity index (χ0v) is 9.12. The van der Waals surface area contributed by atoms with Gasteiger partial charge in [0.15, 0.2) is 0 Å². The highest BCUT2D eigenvalue weighted by Gasteiger charge is 2.25. The first-order chi connectivity index (χ1) is 4.83. The van der Waals surface area contributed by atoms with Gasteiger partial charge in [0.25, 0.3) is 0 Å². The molecule has 0 aliphatic rings. The van der Waals surface area contributed by atoms with E-state index in [-0.39, 0.29) is 0 Å². The summed E-state index contributed by atoms with van der Waals surface area (Å²) in [7, 11) is 0. The molecular formula is C4H8Cl3O3P. The first-order valence-corrected chi connectivity index (χ1v) is 6.10. The van der Waals surface area contributed by atoms with E-state index < -0.39 is 18.1 Å². The van der Waals surface area contributed by atoms with Gasteiger partial charge in [-0.1, -0.05) is 23.2 Å². The zero-order chi connectivity index (χ0) is 9.07. The van der Waals surface area contributed by atoms with Crippen molar-refractivity contribution >= 4 is 41.4 Å². The van der Waals surface area contributed by atoms with E-state index in [1.807, 2.05) is 0 Å². The normalized spacial score (nSPS) is 22.3. The second-order valence-electron chi connectivity index (χ2n) is 1.73. The number of hydrogen-bond acceptors (Lipinski definition) is 3. The van der Waals surface area contributed by atoms with E-state index in [4.69, 9.17) is 34.4 Å². The minimum absolute atomic E-state index is 0.770. The molecule has 0 N–H and O–H groups in total. The Morgan fingerprint density at radius 1 is 1.18 bits per heavy atom. The van der Waals surface area contributed by atoms with Crippen LogP contribution in [0.2, 0.25) is 0 Å². The summed E-state index contributed by atoms with van der Waals surface area (Å²) in [6.07, 6.45) is 0. The van der Waals surface area contributed by atoms with Crippen molar-refractivity contribution in [3.63, 3.8) is 0 Å². The maximum Gasteiger partial charge on any atom is 0.427 e. The summed E-state index contributed by atoms with van der Waals surface area (Å²) in [5.41, 5.74) is -1.54. The molecule has 0 saturated heterocycles. The average Bonchev–Trinajstić information content (AvgIpc) is 1.53. The lowest BCUT2D eigenvalue weighted by Crippen LogP contribution is -2.00. The third kappa shape index (κ3) is 7.38. The fourth-order valence-corrected chi connectivity index (χ4v) is 2.71. The summed E-state index contributed by atoms with van der Waals surface area (Å²) < 4.78 is 20.0. The summed E-state index contributed by atoms with van der Waals surface area (Å²) in [5.74, 6) is 0. The predicted octanol–water partition coefficient (Wildman–Crippen LogP) is 3.54. The number of halogens is 3. The summed E-state index contributed by atoms with van der Waals surface area (Å²) in [4.78, 5) is 0. The molecule has 11 heavy (non-hydrogen) atoms. The molecule has 0 aromatic heterocycles. The fraction of sp³-hybridized carbons (Fsp3) is 1.00. The van der Waals surface area contributed by atoms with Gasteiger partial charge in [0, 0.05) is 11.2 Å². The fourth-order valence-electron chi connectivity index (χ4n) is 0.372. The molecule has 7 heteroatoms. The Labute approximate surface area is 80.2 Å². The number of hydrogen-bond donors (Lipinski definition) is 0. The van der Waals surface area contributed by atoms with Crippen LogP contribution in [0.15, 0.2) is 0 Å². The summed E-state index contributed by atoms with van der Waals surface area (Å²) in [6, 6.07) is 0. The van der Waals surface area contributed by atoms with Crippen molar-refractivity contribution in [2.75, 3.05) is 0 Å². The summed E-state index contributed by atoms with van der Waals surface area (Å²) in [6.45, 7) is -0.654. The highest BCUT2D eigenvalue weighted by molar-refractivity contribution is 7.81. The second kappa shape index (κ2) is 4.90. The zero-order valence-electron chi connectivity index (χ0n) is 5.96. The van der Waals surface area contributed by atoms with Crippen molar-refractivity contribution in [1.29, 1.82) is 0 Å². The quantitative estimate of drug-likeness (QED) is 0.558. The lowest BCUT2D eigenvalue weighted by Gasteiger charge is -2.13. The van der Waals surface area contributed by atoms with Gasteiger partial charge in [-0.05, 0) is 13.8 Å². The topological polar surface area (TPSA) is 35.5 Å². The maximum atomic E-state index is 11.0. The molecule has 0 aliphatic heterocycles. The van der Waals surface area contributed by atoms with E-state index in [1.54, 1.807) is 0 Å². The minimum Gasteiger partial charge on any atom is -0.278 e. The van der Waals surface area contributed by atoms with Crippen molar-refractivity contribution in [3.05, 3.63) is 0 Å². The number of alkyl halides is 2. The molecule has 0 rings (SSSR count). The number of rotatable bonds is 4. The van der Waals surface area contributed by atoms with Gasteiger partial charge in [0.05, 0.1) is 0 Å². The first kappa shape index (κ1) is 12.0. The highest BCUT2D eigenvalue weighted by atomic mass is 35.7. The Bertz CT molecular complexity index is 147. The first-order valence-electron chi connectivity index (χ1n) is 2.78. The van der Waals surface area contributed by atoms with Crippen molar-refractivity contribution in [1.82, 2.24) is 0 Å². The van der Waals surface area contributed by atoms with Crippen molar-refractivity contribution in [2.24, 2.45) is 0 Å². The highest BCUT2D eigenvalue weighted by Crippen LogP contribution is 2.56. The molecule has 0 amide bonds. The van der Waals surface area contributed by atoms with E-state index in [9.17, 15) is 4.57 Å². The van der Waals surface area contributed by atoms with Gasteiger partial charge in [0.2, 0.25) is 0 Å². The Morgan fingerprint density at radius 2 is 1.45 bits per heavy atom. The van der Waals surface area contributed by atoms with Gasteiger partial charge in [-0.2, -0.15) is 0 Å². The van der Waals surface area contributed by atoms with Gasteiger partial charge in [-0.25, -0.2) is 4.57 Å². The van der Waals surface area contributed by atoms with Crippen LogP contribution in [0.25, 0.3) is 0 Å². The van der Waals surface area contributed by atoms with Gasteiger partial charge >= 0.3 is 6.95 Å². The van der Waals surface area contributed by atoms with Gasteiger partial charge in [-0.3, -0.25) is 9.05 Å². The van der Waals surface area contributed by atoms with Crippen LogP contribution < -0.4 is 0 Å². The maximum absolute atomic E-state index is 11.0. The van der Waals surface area contributed by atoms with Crippen LogP contribution in [0.5, 0.6) is 0 Å². The Balaban J connectivity index is 3.91.